The fourth-order valence-electron chi connectivity index (χ4n) is 2.20. The maximum Gasteiger partial charge on any atom is 0.276 e. The minimum atomic E-state index is -0.266. The van der Waals surface area contributed by atoms with Gasteiger partial charge < -0.3 is 11.1 Å². The predicted octanol–water partition coefficient (Wildman–Crippen LogP) is 3.17. The summed E-state index contributed by atoms with van der Waals surface area (Å²) in [5, 5.41) is 7.94. The van der Waals surface area contributed by atoms with E-state index in [0.717, 1.165) is 15.4 Å². The number of hydrogen-bond donors (Lipinski definition) is 2. The van der Waals surface area contributed by atoms with E-state index in [2.05, 4.69) is 26.3 Å². The van der Waals surface area contributed by atoms with Crippen LogP contribution in [-0.4, -0.2) is 15.7 Å². The van der Waals surface area contributed by atoms with Gasteiger partial charge in [-0.1, -0.05) is 18.2 Å². The molecular weight excluding hydrogens is 332 g/mol. The van der Waals surface area contributed by atoms with E-state index >= 15 is 0 Å². The molecule has 106 valence electrons. The molecule has 3 rings (SSSR count). The van der Waals surface area contributed by atoms with Crippen LogP contribution in [0.5, 0.6) is 0 Å². The lowest BCUT2D eigenvalue weighted by Crippen LogP contribution is -2.14. The number of nitrogens with zero attached hydrogens (tertiary/aromatic N) is 2. The normalized spacial score (nSPS) is 10.8. The lowest BCUT2D eigenvalue weighted by atomic mass is 10.2. The molecule has 0 saturated heterocycles. The highest BCUT2D eigenvalue weighted by atomic mass is 79.9. The van der Waals surface area contributed by atoms with Gasteiger partial charge in [-0.05, 0) is 40.2 Å². The Bertz CT molecular complexity index is 841. The van der Waals surface area contributed by atoms with E-state index in [-0.39, 0.29) is 5.91 Å². The molecule has 2 aromatic carbocycles. The van der Waals surface area contributed by atoms with E-state index in [0.29, 0.717) is 17.1 Å². The molecule has 1 heterocycles. The first-order valence-corrected chi connectivity index (χ1v) is 7.13. The molecule has 0 spiro atoms. The van der Waals surface area contributed by atoms with Gasteiger partial charge in [-0.2, -0.15) is 5.10 Å². The number of carbonyl (C=O) groups is 1. The van der Waals surface area contributed by atoms with E-state index in [1.807, 2.05) is 31.3 Å². The standard InChI is InChI=1S/C15H13BrN4O/c1-20-13-5-3-2-4-10(13)14(19-20)15(21)18-12-8-9(17)6-7-11(12)16/h2-8H,17H2,1H3,(H,18,21). The summed E-state index contributed by atoms with van der Waals surface area (Å²) in [4.78, 5) is 12.5. The molecule has 0 bridgehead atoms. The highest BCUT2D eigenvalue weighted by Crippen LogP contribution is 2.26. The van der Waals surface area contributed by atoms with Gasteiger partial charge in [-0.3, -0.25) is 9.48 Å². The number of aromatic nitrogens is 2. The van der Waals surface area contributed by atoms with Crippen LogP contribution in [0.3, 0.4) is 0 Å². The number of para-hydroxylation sites is 1. The van der Waals surface area contributed by atoms with Crippen LogP contribution in [0, 0.1) is 0 Å². The summed E-state index contributed by atoms with van der Waals surface area (Å²) in [6.45, 7) is 0. The number of nitrogens with one attached hydrogen (secondary N) is 1. The molecule has 5 nitrogen and oxygen atoms in total. The lowest BCUT2D eigenvalue weighted by Gasteiger charge is -2.07. The first-order chi connectivity index (χ1) is 10.1. The molecule has 0 unspecified atom stereocenters. The summed E-state index contributed by atoms with van der Waals surface area (Å²) >= 11 is 3.39. The predicted molar refractivity (Wildman–Crippen MR) is 87.2 cm³/mol. The molecule has 0 atom stereocenters. The number of fused-ring (bicyclic) bond motifs is 1. The Kier molecular flexibility index (Phi) is 3.39. The van der Waals surface area contributed by atoms with Gasteiger partial charge in [0, 0.05) is 22.6 Å². The van der Waals surface area contributed by atoms with Gasteiger partial charge in [0.25, 0.3) is 5.91 Å². The number of hydrogen-bond acceptors (Lipinski definition) is 3. The Labute approximate surface area is 129 Å². The maximum atomic E-state index is 12.5. The number of anilines is 2. The molecule has 6 heteroatoms. The fraction of sp³-hybridized carbons (Fsp3) is 0.0667. The van der Waals surface area contributed by atoms with Gasteiger partial charge in [0.2, 0.25) is 0 Å². The minimum Gasteiger partial charge on any atom is -0.399 e. The monoisotopic (exact) mass is 344 g/mol. The van der Waals surface area contributed by atoms with Crippen molar-refractivity contribution < 1.29 is 4.79 Å². The van der Waals surface area contributed by atoms with Crippen LogP contribution in [0.2, 0.25) is 0 Å². The average molecular weight is 345 g/mol. The first kappa shape index (κ1) is 13.6. The number of rotatable bonds is 2. The van der Waals surface area contributed by atoms with E-state index in [4.69, 9.17) is 5.73 Å². The van der Waals surface area contributed by atoms with Crippen LogP contribution in [0.4, 0.5) is 11.4 Å². The maximum absolute atomic E-state index is 12.5. The van der Waals surface area contributed by atoms with Gasteiger partial charge in [0.05, 0.1) is 11.2 Å². The zero-order chi connectivity index (χ0) is 15.0. The Morgan fingerprint density at radius 3 is 2.86 bits per heavy atom. The van der Waals surface area contributed by atoms with Crippen LogP contribution < -0.4 is 11.1 Å². The lowest BCUT2D eigenvalue weighted by molar-refractivity contribution is 0.102. The second kappa shape index (κ2) is 5.21. The Balaban J connectivity index is 2.00. The summed E-state index contributed by atoms with van der Waals surface area (Å²) < 4.78 is 2.46. The molecular formula is C15H13BrN4O. The quantitative estimate of drug-likeness (QED) is 0.701. The molecule has 3 aromatic rings. The van der Waals surface area contributed by atoms with Crippen molar-refractivity contribution in [3.05, 3.63) is 52.6 Å². The average Bonchev–Trinajstić information content (AvgIpc) is 2.81. The van der Waals surface area contributed by atoms with Gasteiger partial charge in [0.1, 0.15) is 0 Å². The highest BCUT2D eigenvalue weighted by Gasteiger charge is 2.16. The summed E-state index contributed by atoms with van der Waals surface area (Å²) in [6, 6.07) is 12.9. The molecule has 21 heavy (non-hydrogen) atoms. The summed E-state index contributed by atoms with van der Waals surface area (Å²) in [5.74, 6) is -0.266. The van der Waals surface area contributed by atoms with Crippen LogP contribution >= 0.6 is 15.9 Å². The molecule has 0 aliphatic heterocycles. The molecule has 0 aliphatic rings. The molecule has 0 fully saturated rings. The van der Waals surface area contributed by atoms with Crippen molar-refractivity contribution in [1.29, 1.82) is 0 Å². The third kappa shape index (κ3) is 2.50. The van der Waals surface area contributed by atoms with Crippen LogP contribution in [0.15, 0.2) is 46.9 Å². The van der Waals surface area contributed by atoms with Crippen molar-refractivity contribution in [2.24, 2.45) is 7.05 Å². The molecule has 0 saturated carbocycles. The van der Waals surface area contributed by atoms with E-state index in [1.54, 1.807) is 22.9 Å². The third-order valence-electron chi connectivity index (χ3n) is 3.21. The van der Waals surface area contributed by atoms with E-state index in [9.17, 15) is 4.79 Å². The Hall–Kier alpha value is -2.34. The topological polar surface area (TPSA) is 72.9 Å². The summed E-state index contributed by atoms with van der Waals surface area (Å²) in [7, 11) is 1.82. The van der Waals surface area contributed by atoms with Crippen molar-refractivity contribution in [3.8, 4) is 0 Å². The number of nitrogens with two attached hydrogens (primary N) is 1. The van der Waals surface area contributed by atoms with Gasteiger partial charge >= 0.3 is 0 Å². The van der Waals surface area contributed by atoms with Crippen LogP contribution in [0.25, 0.3) is 10.9 Å². The second-order valence-electron chi connectivity index (χ2n) is 4.68. The first-order valence-electron chi connectivity index (χ1n) is 6.34. The molecule has 0 radical (unpaired) electrons. The highest BCUT2D eigenvalue weighted by molar-refractivity contribution is 9.10. The molecule has 3 N–H and O–H groups in total. The number of nitrogen functional groups attached to an aromatic ring is 1. The van der Waals surface area contributed by atoms with E-state index in [1.165, 1.54) is 0 Å². The van der Waals surface area contributed by atoms with Gasteiger partial charge in [0.15, 0.2) is 5.69 Å². The smallest absolute Gasteiger partial charge is 0.276 e. The number of halogens is 1. The van der Waals surface area contributed by atoms with Crippen molar-refractivity contribution in [2.75, 3.05) is 11.1 Å². The molecule has 1 aromatic heterocycles. The summed E-state index contributed by atoms with van der Waals surface area (Å²) in [5.41, 5.74) is 8.25. The van der Waals surface area contributed by atoms with Crippen molar-refractivity contribution in [1.82, 2.24) is 9.78 Å². The third-order valence-corrected chi connectivity index (χ3v) is 3.90. The van der Waals surface area contributed by atoms with Crippen LogP contribution in [-0.2, 0) is 7.05 Å². The Morgan fingerprint density at radius 1 is 1.29 bits per heavy atom. The number of aryl methyl sites for hydroxylation is 1. The van der Waals surface area contributed by atoms with Gasteiger partial charge in [-0.25, -0.2) is 0 Å². The summed E-state index contributed by atoms with van der Waals surface area (Å²) in [6.07, 6.45) is 0. The fourth-order valence-corrected chi connectivity index (χ4v) is 2.55. The van der Waals surface area contributed by atoms with Gasteiger partial charge in [-0.15, -0.1) is 0 Å². The van der Waals surface area contributed by atoms with E-state index < -0.39 is 0 Å². The van der Waals surface area contributed by atoms with Crippen molar-refractivity contribution in [2.45, 2.75) is 0 Å². The van der Waals surface area contributed by atoms with Crippen molar-refractivity contribution in [3.63, 3.8) is 0 Å². The number of benzene rings is 2. The molecule has 1 amide bonds. The Morgan fingerprint density at radius 2 is 2.05 bits per heavy atom. The zero-order valence-electron chi connectivity index (χ0n) is 11.3. The second-order valence-corrected chi connectivity index (χ2v) is 5.54. The van der Waals surface area contributed by atoms with Crippen molar-refractivity contribution >= 4 is 44.1 Å². The number of amides is 1. The largest absolute Gasteiger partial charge is 0.399 e. The number of carbonyl (C=O) groups excluding carboxylic acids is 1. The zero-order valence-corrected chi connectivity index (χ0v) is 12.9. The minimum absolute atomic E-state index is 0.266. The SMILES string of the molecule is Cn1nc(C(=O)Nc2cc(N)ccc2Br)c2ccccc21. The molecule has 0 aliphatic carbocycles. The van der Waals surface area contributed by atoms with Crippen LogP contribution in [0.1, 0.15) is 10.5 Å².